The summed E-state index contributed by atoms with van der Waals surface area (Å²) in [5.41, 5.74) is -0.259. The van der Waals surface area contributed by atoms with E-state index in [-0.39, 0.29) is 5.56 Å². The molecule has 0 aliphatic carbocycles. The number of hydrogen-bond donors (Lipinski definition) is 1. The number of halogens is 1. The summed E-state index contributed by atoms with van der Waals surface area (Å²) in [6.07, 6.45) is 0. The molecule has 8 nitrogen and oxygen atoms in total. The third-order valence-corrected chi connectivity index (χ3v) is 3.36. The molecule has 0 saturated heterocycles. The van der Waals surface area contributed by atoms with Gasteiger partial charge in [0, 0.05) is 12.1 Å². The van der Waals surface area contributed by atoms with Crippen molar-refractivity contribution < 1.29 is 14.6 Å². The molecule has 0 unspecified atom stereocenters. The molecule has 23 heavy (non-hydrogen) atoms. The van der Waals surface area contributed by atoms with Gasteiger partial charge in [0.25, 0.3) is 17.3 Å². The van der Waals surface area contributed by atoms with Crippen molar-refractivity contribution in [3.8, 4) is 0 Å². The second-order valence-corrected chi connectivity index (χ2v) is 5.05. The van der Waals surface area contributed by atoms with Crippen LogP contribution in [0.1, 0.15) is 15.9 Å². The maximum atomic E-state index is 12.3. The highest BCUT2D eigenvalue weighted by molar-refractivity contribution is 6.34. The van der Waals surface area contributed by atoms with Crippen LogP contribution in [-0.4, -0.2) is 15.8 Å². The minimum atomic E-state index is -0.801. The summed E-state index contributed by atoms with van der Waals surface area (Å²) in [6, 6.07) is 7.71. The van der Waals surface area contributed by atoms with E-state index in [2.05, 4.69) is 5.32 Å². The fourth-order valence-corrected chi connectivity index (χ4v) is 2.18. The van der Waals surface area contributed by atoms with E-state index in [4.69, 9.17) is 11.6 Å². The van der Waals surface area contributed by atoms with Gasteiger partial charge in [0.05, 0.1) is 32.2 Å². The Morgan fingerprint density at radius 1 is 1.09 bits per heavy atom. The number of amides is 1. The molecule has 0 saturated carbocycles. The molecule has 2 aromatic carbocycles. The second kappa shape index (κ2) is 6.41. The van der Waals surface area contributed by atoms with E-state index in [1.165, 1.54) is 0 Å². The Bertz CT molecular complexity index is 770. The lowest BCUT2D eigenvalue weighted by atomic mass is 10.1. The molecule has 0 aliphatic rings. The van der Waals surface area contributed by atoms with E-state index >= 15 is 0 Å². The summed E-state index contributed by atoms with van der Waals surface area (Å²) in [5.74, 6) is -0.729. The fraction of sp³-hybridized carbons (Fsp3) is 0.0714. The third-order valence-electron chi connectivity index (χ3n) is 3.05. The lowest BCUT2D eigenvalue weighted by molar-refractivity contribution is -0.394. The van der Waals surface area contributed by atoms with Gasteiger partial charge in [-0.1, -0.05) is 23.7 Å². The van der Waals surface area contributed by atoms with Crippen LogP contribution in [-0.2, 0) is 0 Å². The van der Waals surface area contributed by atoms with Crippen molar-refractivity contribution in [3.63, 3.8) is 0 Å². The van der Waals surface area contributed by atoms with Gasteiger partial charge in [0.2, 0.25) is 0 Å². The maximum Gasteiger partial charge on any atom is 0.277 e. The van der Waals surface area contributed by atoms with Crippen LogP contribution < -0.4 is 5.32 Å². The zero-order chi connectivity index (χ0) is 17.1. The molecule has 0 atom stereocenters. The topological polar surface area (TPSA) is 115 Å². The molecular formula is C14H10ClN3O5. The number of non-ortho nitro benzene ring substituents is 2. The van der Waals surface area contributed by atoms with E-state index in [1.54, 1.807) is 25.1 Å². The maximum absolute atomic E-state index is 12.3. The Morgan fingerprint density at radius 3 is 2.13 bits per heavy atom. The van der Waals surface area contributed by atoms with Crippen molar-refractivity contribution in [2.45, 2.75) is 6.92 Å². The molecule has 0 spiro atoms. The molecular weight excluding hydrogens is 326 g/mol. The number of anilines is 1. The van der Waals surface area contributed by atoms with Crippen LogP contribution in [0.15, 0.2) is 36.4 Å². The first-order valence-corrected chi connectivity index (χ1v) is 6.67. The number of benzene rings is 2. The number of hydrogen-bond acceptors (Lipinski definition) is 5. The molecule has 118 valence electrons. The Hall–Kier alpha value is -3.00. The number of nitrogens with one attached hydrogen (secondary N) is 1. The molecule has 0 aliphatic heterocycles. The number of rotatable bonds is 4. The highest BCUT2D eigenvalue weighted by Crippen LogP contribution is 2.27. The lowest BCUT2D eigenvalue weighted by Gasteiger charge is -2.10. The molecule has 0 aromatic heterocycles. The van der Waals surface area contributed by atoms with Crippen molar-refractivity contribution >= 4 is 34.6 Å². The standard InChI is InChI=1S/C14H10ClN3O5/c1-8-3-2-4-12(15)13(8)16-14(19)9-5-10(17(20)21)7-11(6-9)18(22)23/h2-7H,1H3,(H,16,19). The smallest absolute Gasteiger partial charge is 0.277 e. The number of carbonyl (C=O) groups is 1. The van der Waals surface area contributed by atoms with Crippen LogP contribution in [0.5, 0.6) is 0 Å². The van der Waals surface area contributed by atoms with E-state index in [1.807, 2.05) is 0 Å². The van der Waals surface area contributed by atoms with Crippen molar-refractivity contribution in [3.05, 3.63) is 72.8 Å². The molecule has 2 rings (SSSR count). The van der Waals surface area contributed by atoms with E-state index in [0.29, 0.717) is 16.3 Å². The number of nitro benzene ring substituents is 2. The van der Waals surface area contributed by atoms with Crippen LogP contribution in [0.25, 0.3) is 0 Å². The zero-order valence-corrected chi connectivity index (χ0v) is 12.5. The summed E-state index contributed by atoms with van der Waals surface area (Å²) < 4.78 is 0. The van der Waals surface area contributed by atoms with Gasteiger partial charge in [-0.25, -0.2) is 0 Å². The second-order valence-electron chi connectivity index (χ2n) is 4.64. The van der Waals surface area contributed by atoms with Crippen LogP contribution in [0.4, 0.5) is 17.1 Å². The highest BCUT2D eigenvalue weighted by Gasteiger charge is 2.20. The van der Waals surface area contributed by atoms with Crippen molar-refractivity contribution in [2.75, 3.05) is 5.32 Å². The van der Waals surface area contributed by atoms with Gasteiger partial charge in [-0.05, 0) is 18.6 Å². The SMILES string of the molecule is Cc1cccc(Cl)c1NC(=O)c1cc([N+](=O)[O-])cc([N+](=O)[O-])c1. The van der Waals surface area contributed by atoms with Crippen molar-refractivity contribution in [2.24, 2.45) is 0 Å². The number of nitrogens with zero attached hydrogens (tertiary/aromatic N) is 2. The molecule has 1 amide bonds. The van der Waals surface area contributed by atoms with Crippen molar-refractivity contribution in [1.29, 1.82) is 0 Å². The summed E-state index contributed by atoms with van der Waals surface area (Å²) >= 11 is 5.99. The minimum absolute atomic E-state index is 0.204. The van der Waals surface area contributed by atoms with E-state index in [9.17, 15) is 25.0 Å². The average molecular weight is 336 g/mol. The van der Waals surface area contributed by atoms with Gasteiger partial charge >= 0.3 is 0 Å². The first-order chi connectivity index (χ1) is 10.8. The van der Waals surface area contributed by atoms with Gasteiger partial charge in [-0.15, -0.1) is 0 Å². The molecule has 2 aromatic rings. The van der Waals surface area contributed by atoms with Crippen LogP contribution in [0.2, 0.25) is 5.02 Å². The van der Waals surface area contributed by atoms with Gasteiger partial charge in [0.15, 0.2) is 0 Å². The van der Waals surface area contributed by atoms with Crippen molar-refractivity contribution in [1.82, 2.24) is 0 Å². The Morgan fingerprint density at radius 2 is 1.65 bits per heavy atom. The van der Waals surface area contributed by atoms with Gasteiger partial charge < -0.3 is 5.32 Å². The highest BCUT2D eigenvalue weighted by atomic mass is 35.5. The number of aryl methyl sites for hydroxylation is 1. The number of para-hydroxylation sites is 1. The summed E-state index contributed by atoms with van der Waals surface area (Å²) in [6.45, 7) is 1.72. The largest absolute Gasteiger partial charge is 0.320 e. The summed E-state index contributed by atoms with van der Waals surface area (Å²) in [4.78, 5) is 32.3. The monoisotopic (exact) mass is 335 g/mol. The first kappa shape index (κ1) is 16.4. The van der Waals surface area contributed by atoms with Crippen LogP contribution in [0.3, 0.4) is 0 Å². The molecule has 9 heteroatoms. The molecule has 1 N–H and O–H groups in total. The first-order valence-electron chi connectivity index (χ1n) is 6.30. The predicted molar refractivity (Wildman–Crippen MR) is 83.9 cm³/mol. The fourth-order valence-electron chi connectivity index (χ4n) is 1.91. The van der Waals surface area contributed by atoms with E-state index < -0.39 is 27.1 Å². The quantitative estimate of drug-likeness (QED) is 0.675. The minimum Gasteiger partial charge on any atom is -0.320 e. The Balaban J connectivity index is 2.43. The Labute approximate surface area is 135 Å². The molecule has 0 heterocycles. The molecule has 0 radical (unpaired) electrons. The average Bonchev–Trinajstić information content (AvgIpc) is 2.50. The van der Waals surface area contributed by atoms with Gasteiger partial charge in [-0.2, -0.15) is 0 Å². The lowest BCUT2D eigenvalue weighted by Crippen LogP contribution is -2.14. The van der Waals surface area contributed by atoms with Gasteiger partial charge in [-0.3, -0.25) is 25.0 Å². The third kappa shape index (κ3) is 3.61. The van der Waals surface area contributed by atoms with Crippen LogP contribution in [0, 0.1) is 27.2 Å². The summed E-state index contributed by atoms with van der Waals surface area (Å²) in [5, 5.41) is 24.5. The summed E-state index contributed by atoms with van der Waals surface area (Å²) in [7, 11) is 0. The van der Waals surface area contributed by atoms with Gasteiger partial charge in [0.1, 0.15) is 0 Å². The molecule has 0 fully saturated rings. The normalized spacial score (nSPS) is 10.2. The van der Waals surface area contributed by atoms with E-state index in [0.717, 1.165) is 18.2 Å². The van der Waals surface area contributed by atoms with Crippen LogP contribution >= 0.6 is 11.6 Å². The number of nitro groups is 2. The predicted octanol–water partition coefficient (Wildman–Crippen LogP) is 3.72. The zero-order valence-electron chi connectivity index (χ0n) is 11.8. The number of carbonyl (C=O) groups excluding carboxylic acids is 1. The Kier molecular flexibility index (Phi) is 4.56. The molecule has 0 bridgehead atoms.